The highest BCUT2D eigenvalue weighted by atomic mass is 35.5. The largest absolute Gasteiger partial charge is 0.390 e. The van der Waals surface area contributed by atoms with Gasteiger partial charge < -0.3 is 25.5 Å². The summed E-state index contributed by atoms with van der Waals surface area (Å²) in [6, 6.07) is 5.21. The second-order valence-corrected chi connectivity index (χ2v) is 8.65. The number of morpholine rings is 1. The lowest BCUT2D eigenvalue weighted by Gasteiger charge is -2.29. The lowest BCUT2D eigenvalue weighted by atomic mass is 10.0. The Morgan fingerprint density at radius 1 is 1.31 bits per heavy atom. The third-order valence-corrected chi connectivity index (χ3v) is 6.31. The van der Waals surface area contributed by atoms with Gasteiger partial charge in [0, 0.05) is 47.3 Å². The number of aliphatic hydroxyl groups is 1. The highest BCUT2D eigenvalue weighted by Crippen LogP contribution is 2.36. The molecule has 32 heavy (non-hydrogen) atoms. The van der Waals surface area contributed by atoms with Gasteiger partial charge in [-0.15, -0.1) is 0 Å². The predicted molar refractivity (Wildman–Crippen MR) is 124 cm³/mol. The van der Waals surface area contributed by atoms with E-state index in [9.17, 15) is 14.7 Å². The molecule has 0 spiro atoms. The standard InChI is InChI=1S/C23H27ClN4O4/c1-13-20(10-18-17-9-15(24)3-4-19(17)26-23(18)31)28(14(2)21(13)22(25)30)12-16(29)11-27-5-7-32-8-6-27/h3-4,9-10,16,29H,5-8,11-12H2,1-2H3,(H2,25,30)(H,26,31)/b18-10-/t16-/m1/s1. The van der Waals surface area contributed by atoms with Crippen LogP contribution in [0.25, 0.3) is 11.6 Å². The molecule has 1 atom stereocenters. The Kier molecular flexibility index (Phi) is 6.39. The maximum atomic E-state index is 12.7. The van der Waals surface area contributed by atoms with Crippen LogP contribution in [0.5, 0.6) is 0 Å². The minimum Gasteiger partial charge on any atom is -0.390 e. The zero-order chi connectivity index (χ0) is 23.0. The van der Waals surface area contributed by atoms with Gasteiger partial charge in [-0.2, -0.15) is 0 Å². The number of nitrogens with two attached hydrogens (primary N) is 1. The van der Waals surface area contributed by atoms with E-state index in [0.717, 1.165) is 13.1 Å². The number of hydrogen-bond acceptors (Lipinski definition) is 5. The minimum absolute atomic E-state index is 0.249. The summed E-state index contributed by atoms with van der Waals surface area (Å²) in [5.41, 5.74) is 9.88. The first-order valence-corrected chi connectivity index (χ1v) is 10.9. The monoisotopic (exact) mass is 458 g/mol. The van der Waals surface area contributed by atoms with Gasteiger partial charge in [-0.25, -0.2) is 0 Å². The van der Waals surface area contributed by atoms with Crippen molar-refractivity contribution < 1.29 is 19.4 Å². The van der Waals surface area contributed by atoms with E-state index >= 15 is 0 Å². The first kappa shape index (κ1) is 22.5. The molecule has 2 aliphatic rings. The Morgan fingerprint density at radius 3 is 2.72 bits per heavy atom. The van der Waals surface area contributed by atoms with Gasteiger partial charge in [0.05, 0.1) is 37.0 Å². The number of carbonyl (C=O) groups is 2. The van der Waals surface area contributed by atoms with Gasteiger partial charge >= 0.3 is 0 Å². The molecule has 8 nitrogen and oxygen atoms in total. The van der Waals surface area contributed by atoms with E-state index in [0.29, 0.717) is 64.1 Å². The first-order valence-electron chi connectivity index (χ1n) is 10.6. The van der Waals surface area contributed by atoms with Crippen molar-refractivity contribution in [2.45, 2.75) is 26.5 Å². The summed E-state index contributed by atoms with van der Waals surface area (Å²) in [5, 5.41) is 14.2. The van der Waals surface area contributed by atoms with E-state index in [4.69, 9.17) is 22.1 Å². The van der Waals surface area contributed by atoms with E-state index in [1.807, 2.05) is 4.57 Å². The van der Waals surface area contributed by atoms with Crippen molar-refractivity contribution in [3.8, 4) is 0 Å². The number of primary amides is 1. The van der Waals surface area contributed by atoms with Crippen molar-refractivity contribution in [2.24, 2.45) is 5.73 Å². The third-order valence-electron chi connectivity index (χ3n) is 6.07. The van der Waals surface area contributed by atoms with Crippen LogP contribution in [0, 0.1) is 13.8 Å². The quantitative estimate of drug-likeness (QED) is 0.574. The van der Waals surface area contributed by atoms with Crippen molar-refractivity contribution >= 4 is 40.8 Å². The van der Waals surface area contributed by atoms with Crippen LogP contribution in [0.1, 0.15) is 32.9 Å². The molecular formula is C23H27ClN4O4. The normalized spacial score (nSPS) is 18.6. The maximum Gasteiger partial charge on any atom is 0.256 e. The van der Waals surface area contributed by atoms with Crippen molar-refractivity contribution in [1.82, 2.24) is 9.47 Å². The number of halogens is 1. The number of amides is 2. The van der Waals surface area contributed by atoms with Crippen LogP contribution < -0.4 is 11.1 Å². The third kappa shape index (κ3) is 4.31. The molecule has 1 saturated heterocycles. The number of nitrogens with zero attached hydrogens (tertiary/aromatic N) is 2. The second-order valence-electron chi connectivity index (χ2n) is 8.21. The van der Waals surface area contributed by atoms with Gasteiger partial charge in [-0.05, 0) is 43.7 Å². The molecular weight excluding hydrogens is 432 g/mol. The van der Waals surface area contributed by atoms with Crippen LogP contribution in [0.2, 0.25) is 5.02 Å². The summed E-state index contributed by atoms with van der Waals surface area (Å²) in [5.74, 6) is -0.790. The number of hydrogen-bond donors (Lipinski definition) is 3. The number of aromatic nitrogens is 1. The molecule has 0 aliphatic carbocycles. The fraction of sp³-hybridized carbons (Fsp3) is 0.391. The van der Waals surface area contributed by atoms with Crippen molar-refractivity contribution in [3.63, 3.8) is 0 Å². The van der Waals surface area contributed by atoms with Crippen molar-refractivity contribution in [1.29, 1.82) is 0 Å². The van der Waals surface area contributed by atoms with Gasteiger partial charge in [0.1, 0.15) is 0 Å². The van der Waals surface area contributed by atoms with Crippen LogP contribution in [-0.4, -0.2) is 65.3 Å². The Hall–Kier alpha value is -2.65. The molecule has 0 unspecified atom stereocenters. The van der Waals surface area contributed by atoms with E-state index in [2.05, 4.69) is 10.2 Å². The molecule has 2 aliphatic heterocycles. The number of β-amino-alcohol motifs (C(OH)–C–C–N with tert-alkyl or cyclic N) is 1. The molecule has 4 rings (SSSR count). The smallest absolute Gasteiger partial charge is 0.256 e. The van der Waals surface area contributed by atoms with Crippen LogP contribution in [0.4, 0.5) is 5.69 Å². The molecule has 0 bridgehead atoms. The Morgan fingerprint density at radius 2 is 2.03 bits per heavy atom. The Labute approximate surface area is 191 Å². The lowest BCUT2D eigenvalue weighted by Crippen LogP contribution is -2.42. The van der Waals surface area contributed by atoms with Gasteiger partial charge in [0.2, 0.25) is 0 Å². The topological polar surface area (TPSA) is 110 Å². The van der Waals surface area contributed by atoms with Gasteiger partial charge in [0.15, 0.2) is 0 Å². The average Bonchev–Trinajstić information content (AvgIpc) is 3.16. The number of benzene rings is 1. The molecule has 1 aromatic carbocycles. The summed E-state index contributed by atoms with van der Waals surface area (Å²) in [4.78, 5) is 27.0. The van der Waals surface area contributed by atoms with Crippen LogP contribution in [0.3, 0.4) is 0 Å². The van der Waals surface area contributed by atoms with Crippen LogP contribution in [-0.2, 0) is 16.1 Å². The maximum absolute atomic E-state index is 12.7. The average molecular weight is 459 g/mol. The molecule has 2 aromatic rings. The molecule has 0 saturated carbocycles. The SMILES string of the molecule is Cc1c(C(N)=O)c(C)n(C[C@H](O)CN2CCOCC2)c1/C=C1\C(=O)Nc2ccc(Cl)cc21. The molecule has 9 heteroatoms. The lowest BCUT2D eigenvalue weighted by molar-refractivity contribution is -0.110. The molecule has 3 heterocycles. The van der Waals surface area contributed by atoms with E-state index < -0.39 is 12.0 Å². The molecule has 2 amide bonds. The Bertz CT molecular complexity index is 1100. The van der Waals surface area contributed by atoms with Crippen LogP contribution >= 0.6 is 11.6 Å². The Balaban J connectivity index is 1.73. The van der Waals surface area contributed by atoms with Gasteiger partial charge in [0.25, 0.3) is 11.8 Å². The summed E-state index contributed by atoms with van der Waals surface area (Å²) in [6.45, 7) is 7.18. The number of aliphatic hydroxyl groups excluding tert-OH is 1. The summed E-state index contributed by atoms with van der Waals surface area (Å²) < 4.78 is 7.23. The number of rotatable bonds is 6. The van der Waals surface area contributed by atoms with Gasteiger partial charge in [-0.1, -0.05) is 11.6 Å². The molecule has 1 fully saturated rings. The highest BCUT2D eigenvalue weighted by Gasteiger charge is 2.28. The van der Waals surface area contributed by atoms with Gasteiger partial charge in [-0.3, -0.25) is 14.5 Å². The van der Waals surface area contributed by atoms with E-state index in [1.54, 1.807) is 38.1 Å². The number of fused-ring (bicyclic) bond motifs is 1. The van der Waals surface area contributed by atoms with E-state index in [1.165, 1.54) is 0 Å². The molecule has 4 N–H and O–H groups in total. The van der Waals surface area contributed by atoms with E-state index in [-0.39, 0.29) is 12.5 Å². The summed E-state index contributed by atoms with van der Waals surface area (Å²) in [6.07, 6.45) is 1.07. The number of anilines is 1. The first-order chi connectivity index (χ1) is 15.3. The predicted octanol–water partition coefficient (Wildman–Crippen LogP) is 2.04. The fourth-order valence-corrected chi connectivity index (χ4v) is 4.66. The van der Waals surface area contributed by atoms with Crippen LogP contribution in [0.15, 0.2) is 18.2 Å². The zero-order valence-corrected chi connectivity index (χ0v) is 18.9. The highest BCUT2D eigenvalue weighted by molar-refractivity contribution is 6.36. The molecule has 0 radical (unpaired) electrons. The minimum atomic E-state index is -0.671. The zero-order valence-electron chi connectivity index (χ0n) is 18.2. The fourth-order valence-electron chi connectivity index (χ4n) is 4.49. The summed E-state index contributed by atoms with van der Waals surface area (Å²) in [7, 11) is 0. The second kappa shape index (κ2) is 9.07. The summed E-state index contributed by atoms with van der Waals surface area (Å²) >= 11 is 6.15. The van der Waals surface area contributed by atoms with Crippen molar-refractivity contribution in [3.05, 3.63) is 51.3 Å². The van der Waals surface area contributed by atoms with Crippen molar-refractivity contribution in [2.75, 3.05) is 38.2 Å². The number of ether oxygens (including phenoxy) is 1. The number of carbonyl (C=O) groups excluding carboxylic acids is 2. The molecule has 1 aromatic heterocycles. The number of nitrogens with one attached hydrogen (secondary N) is 1. The molecule has 170 valence electrons.